The molecule has 1 amide bonds. The smallest absolute Gasteiger partial charge is 0.263 e. The van der Waals surface area contributed by atoms with Crippen molar-refractivity contribution >= 4 is 39.2 Å². The number of aliphatic imine (C=N–C) groups is 1. The van der Waals surface area contributed by atoms with E-state index in [1.807, 2.05) is 23.1 Å². The van der Waals surface area contributed by atoms with E-state index in [9.17, 15) is 18.5 Å². The highest BCUT2D eigenvalue weighted by Gasteiger charge is 2.49. The van der Waals surface area contributed by atoms with E-state index in [2.05, 4.69) is 22.9 Å². The molecule has 1 fully saturated rings. The molecule has 3 aromatic rings. The number of hydrogen-bond acceptors (Lipinski definition) is 7. The number of aromatic nitrogens is 1. The van der Waals surface area contributed by atoms with Crippen molar-refractivity contribution in [2.24, 2.45) is 4.99 Å². The van der Waals surface area contributed by atoms with Crippen LogP contribution in [0.2, 0.25) is 5.02 Å². The Bertz CT molecular complexity index is 1650. The summed E-state index contributed by atoms with van der Waals surface area (Å²) in [4.78, 5) is 20.4. The van der Waals surface area contributed by atoms with Crippen LogP contribution >= 0.6 is 11.6 Å². The molecule has 0 unspecified atom stereocenters. The minimum atomic E-state index is -4.11. The largest absolute Gasteiger partial charge is 0.358 e. The summed E-state index contributed by atoms with van der Waals surface area (Å²) in [7, 11) is -4.11. The van der Waals surface area contributed by atoms with Gasteiger partial charge < -0.3 is 4.52 Å². The van der Waals surface area contributed by atoms with Crippen molar-refractivity contribution < 1.29 is 17.7 Å². The van der Waals surface area contributed by atoms with Gasteiger partial charge in [0, 0.05) is 12.0 Å². The van der Waals surface area contributed by atoms with Crippen LogP contribution in [0.1, 0.15) is 68.8 Å². The molecule has 1 N–H and O–H groups in total. The molecule has 2 aromatic carbocycles. The first-order valence-corrected chi connectivity index (χ1v) is 15.7. The number of halogens is 1. The van der Waals surface area contributed by atoms with Gasteiger partial charge in [-0.2, -0.15) is 5.26 Å². The third-order valence-electron chi connectivity index (χ3n) is 7.75. The minimum Gasteiger partial charge on any atom is -0.358 e. The van der Waals surface area contributed by atoms with Crippen molar-refractivity contribution in [1.82, 2.24) is 10.1 Å². The standard InChI is InChI=1S/C30H32ClN5O4S/c1-3-4-11-26-33-30(15-7-8-16-30)29(37)36(26)19-21-12-13-23(22(18-21)14-17-32)24-9-5-6-10-25(24)41(38,39)35-28-27(31)20(2)40-34-28/h5-6,9-10,12-13,18H,3-4,7-8,11,14-16,19H2,1-2H3,(H,34,35). The molecule has 41 heavy (non-hydrogen) atoms. The molecule has 0 bridgehead atoms. The van der Waals surface area contributed by atoms with Gasteiger partial charge in [0.1, 0.15) is 16.4 Å². The van der Waals surface area contributed by atoms with Crippen LogP contribution < -0.4 is 4.72 Å². The van der Waals surface area contributed by atoms with Crippen molar-refractivity contribution in [3.8, 4) is 17.2 Å². The monoisotopic (exact) mass is 593 g/mol. The number of carbonyl (C=O) groups is 1. The van der Waals surface area contributed by atoms with E-state index >= 15 is 0 Å². The van der Waals surface area contributed by atoms with Crippen molar-refractivity contribution in [2.75, 3.05) is 4.72 Å². The molecule has 1 saturated carbocycles. The highest BCUT2D eigenvalue weighted by Crippen LogP contribution is 2.40. The molecule has 1 aliphatic heterocycles. The third-order valence-corrected chi connectivity index (χ3v) is 9.59. The van der Waals surface area contributed by atoms with Gasteiger partial charge in [-0.25, -0.2) is 8.42 Å². The summed E-state index contributed by atoms with van der Waals surface area (Å²) >= 11 is 6.15. The molecule has 11 heteroatoms. The SMILES string of the molecule is CCCCC1=NC2(CCCC2)C(=O)N1Cc1ccc(-c2ccccc2S(=O)(=O)Nc2noc(C)c2Cl)c(CC#N)c1. The molecule has 9 nitrogen and oxygen atoms in total. The number of benzene rings is 2. The average molecular weight is 594 g/mol. The van der Waals surface area contributed by atoms with Gasteiger partial charge in [-0.05, 0) is 48.9 Å². The summed E-state index contributed by atoms with van der Waals surface area (Å²) in [5.74, 6) is 1.11. The zero-order valence-electron chi connectivity index (χ0n) is 23.1. The Morgan fingerprint density at radius 1 is 1.17 bits per heavy atom. The lowest BCUT2D eigenvalue weighted by Crippen LogP contribution is -2.40. The first kappa shape index (κ1) is 28.8. The molecule has 0 radical (unpaired) electrons. The van der Waals surface area contributed by atoms with Gasteiger partial charge in [0.2, 0.25) is 5.82 Å². The lowest BCUT2D eigenvalue weighted by Gasteiger charge is -2.23. The fourth-order valence-corrected chi connectivity index (χ4v) is 7.05. The molecule has 1 aromatic heterocycles. The second kappa shape index (κ2) is 11.7. The van der Waals surface area contributed by atoms with Crippen molar-refractivity contribution in [2.45, 2.75) is 82.2 Å². The maximum atomic E-state index is 13.6. The summed E-state index contributed by atoms with van der Waals surface area (Å²) in [6.07, 6.45) is 6.36. The number of amides is 1. The molecule has 2 heterocycles. The van der Waals surface area contributed by atoms with Crippen molar-refractivity contribution in [3.05, 3.63) is 64.4 Å². The maximum absolute atomic E-state index is 13.6. The van der Waals surface area contributed by atoms with E-state index in [0.717, 1.165) is 56.3 Å². The average Bonchev–Trinajstić information content (AvgIpc) is 3.63. The number of nitrogens with one attached hydrogen (secondary N) is 1. The highest BCUT2D eigenvalue weighted by atomic mass is 35.5. The normalized spacial score (nSPS) is 16.3. The van der Waals surface area contributed by atoms with Crippen LogP contribution in [0, 0.1) is 18.3 Å². The summed E-state index contributed by atoms with van der Waals surface area (Å²) in [6, 6.07) is 14.3. The molecule has 1 spiro atoms. The molecule has 1 aliphatic carbocycles. The zero-order valence-corrected chi connectivity index (χ0v) is 24.7. The Hall–Kier alpha value is -3.68. The van der Waals surface area contributed by atoms with Crippen molar-refractivity contribution in [1.29, 1.82) is 5.26 Å². The Labute approximate surface area is 245 Å². The fourth-order valence-electron chi connectivity index (χ4n) is 5.65. The minimum absolute atomic E-state index is 0.00976. The predicted molar refractivity (Wildman–Crippen MR) is 157 cm³/mol. The summed E-state index contributed by atoms with van der Waals surface area (Å²) in [6.45, 7) is 4.06. The number of anilines is 1. The molecule has 0 saturated heterocycles. The van der Waals surface area contributed by atoms with Gasteiger partial charge in [-0.1, -0.05) is 79.3 Å². The molecule has 0 atom stereocenters. The van der Waals surface area contributed by atoms with Gasteiger partial charge in [0.15, 0.2) is 5.76 Å². The fraction of sp³-hybridized carbons (Fsp3) is 0.400. The third kappa shape index (κ3) is 5.61. The van der Waals surface area contributed by atoms with E-state index in [1.54, 1.807) is 25.1 Å². The number of amidine groups is 1. The first-order valence-electron chi connectivity index (χ1n) is 13.8. The van der Waals surface area contributed by atoms with Gasteiger partial charge in [-0.15, -0.1) is 0 Å². The Balaban J connectivity index is 1.48. The molecular formula is C30H32ClN5O4S. The maximum Gasteiger partial charge on any atom is 0.263 e. The summed E-state index contributed by atoms with van der Waals surface area (Å²) in [5.41, 5.74) is 1.94. The Morgan fingerprint density at radius 3 is 2.61 bits per heavy atom. The molecular weight excluding hydrogens is 562 g/mol. The number of carbonyl (C=O) groups excluding carboxylic acids is 1. The predicted octanol–water partition coefficient (Wildman–Crippen LogP) is 6.41. The van der Waals surface area contributed by atoms with Crippen LogP contribution in [-0.2, 0) is 27.8 Å². The van der Waals surface area contributed by atoms with E-state index in [4.69, 9.17) is 21.1 Å². The molecule has 2 aliphatic rings. The number of nitriles is 1. The second-order valence-corrected chi connectivity index (χ2v) is 12.6. The zero-order chi connectivity index (χ0) is 29.2. The van der Waals surface area contributed by atoms with Crippen molar-refractivity contribution in [3.63, 3.8) is 0 Å². The van der Waals surface area contributed by atoms with Crippen LogP contribution in [0.4, 0.5) is 5.82 Å². The van der Waals surface area contributed by atoms with Crippen LogP contribution in [0.5, 0.6) is 0 Å². The highest BCUT2D eigenvalue weighted by molar-refractivity contribution is 7.92. The number of hydrogen-bond donors (Lipinski definition) is 1. The Morgan fingerprint density at radius 2 is 1.93 bits per heavy atom. The molecule has 5 rings (SSSR count). The van der Waals surface area contributed by atoms with E-state index in [-0.39, 0.29) is 28.1 Å². The lowest BCUT2D eigenvalue weighted by atomic mass is 9.95. The Kier molecular flexibility index (Phi) is 8.20. The topological polar surface area (TPSA) is 129 Å². The number of nitrogens with zero attached hydrogens (tertiary/aromatic N) is 4. The van der Waals surface area contributed by atoms with Gasteiger partial charge >= 0.3 is 0 Å². The van der Waals surface area contributed by atoms with E-state index < -0.39 is 15.6 Å². The van der Waals surface area contributed by atoms with Gasteiger partial charge in [-0.3, -0.25) is 19.4 Å². The lowest BCUT2D eigenvalue weighted by molar-refractivity contribution is -0.131. The van der Waals surface area contributed by atoms with Crippen LogP contribution in [0.3, 0.4) is 0 Å². The number of sulfonamides is 1. The van der Waals surface area contributed by atoms with Gasteiger partial charge in [0.05, 0.1) is 23.9 Å². The molecule has 214 valence electrons. The van der Waals surface area contributed by atoms with Crippen LogP contribution in [0.25, 0.3) is 11.1 Å². The number of unbranched alkanes of at least 4 members (excludes halogenated alkanes) is 1. The number of rotatable bonds is 10. The quantitative estimate of drug-likeness (QED) is 0.289. The summed E-state index contributed by atoms with van der Waals surface area (Å²) in [5, 5.41) is 13.4. The first-order chi connectivity index (χ1) is 19.7. The van der Waals surface area contributed by atoms with Crippen LogP contribution in [-0.4, -0.2) is 35.8 Å². The number of aryl methyl sites for hydroxylation is 1. The van der Waals surface area contributed by atoms with Gasteiger partial charge in [0.25, 0.3) is 15.9 Å². The van der Waals surface area contributed by atoms with Crippen LogP contribution in [0.15, 0.2) is 56.9 Å². The summed E-state index contributed by atoms with van der Waals surface area (Å²) < 4.78 is 34.3. The second-order valence-electron chi connectivity index (χ2n) is 10.6. The van der Waals surface area contributed by atoms with E-state index in [0.29, 0.717) is 29.0 Å². The van der Waals surface area contributed by atoms with E-state index in [1.165, 1.54) is 6.07 Å².